The number of aromatic nitrogens is 3. The van der Waals surface area contributed by atoms with Gasteiger partial charge < -0.3 is 4.57 Å². The van der Waals surface area contributed by atoms with Crippen molar-refractivity contribution in [3.05, 3.63) is 140 Å². The number of imidazole rings is 1. The van der Waals surface area contributed by atoms with Gasteiger partial charge in [0.25, 0.3) is 0 Å². The molecule has 0 bridgehead atoms. The van der Waals surface area contributed by atoms with E-state index in [1.807, 2.05) is 0 Å². The summed E-state index contributed by atoms with van der Waals surface area (Å²) in [7, 11) is 0. The van der Waals surface area contributed by atoms with Gasteiger partial charge >= 0.3 is 0 Å². The van der Waals surface area contributed by atoms with Gasteiger partial charge in [-0.05, 0) is 59.0 Å². The highest BCUT2D eigenvalue weighted by Crippen LogP contribution is 2.36. The Hall–Kier alpha value is -5.41. The molecule has 6 aromatic carbocycles. The molecule has 0 aliphatic heterocycles. The van der Waals surface area contributed by atoms with E-state index in [1.54, 1.807) is 0 Å². The Morgan fingerprint density at radius 3 is 1.77 bits per heavy atom. The summed E-state index contributed by atoms with van der Waals surface area (Å²) in [5, 5.41) is 6.18. The number of hydrogen-bond donors (Lipinski definition) is 0. The van der Waals surface area contributed by atoms with Crippen LogP contribution in [-0.4, -0.2) is 14.0 Å². The topological polar surface area (TPSA) is 22.2 Å². The Labute approximate surface area is 230 Å². The van der Waals surface area contributed by atoms with Gasteiger partial charge in [-0.3, -0.25) is 4.40 Å². The zero-order valence-corrected chi connectivity index (χ0v) is 21.6. The summed E-state index contributed by atoms with van der Waals surface area (Å²) in [6.07, 6.45) is 0. The van der Waals surface area contributed by atoms with Gasteiger partial charge in [-0.15, -0.1) is 0 Å². The van der Waals surface area contributed by atoms with Crippen LogP contribution in [0, 0.1) is 0 Å². The highest BCUT2D eigenvalue weighted by atomic mass is 15.0. The SMILES string of the molecule is c1cc(-c2ccc3c4ccccc4c4nc5ccccc5n4c3c2)cc(-n2c3ccccc3c3ccccc32)c1. The van der Waals surface area contributed by atoms with E-state index in [4.69, 9.17) is 4.98 Å². The molecule has 0 aliphatic carbocycles. The number of para-hydroxylation sites is 4. The van der Waals surface area contributed by atoms with Crippen molar-refractivity contribution in [1.82, 2.24) is 14.0 Å². The number of rotatable bonds is 2. The van der Waals surface area contributed by atoms with E-state index in [2.05, 4.69) is 148 Å². The molecular weight excluding hydrogens is 486 g/mol. The van der Waals surface area contributed by atoms with Crippen LogP contribution in [0.5, 0.6) is 0 Å². The first-order chi connectivity index (χ1) is 19.8. The zero-order valence-electron chi connectivity index (χ0n) is 21.6. The summed E-state index contributed by atoms with van der Waals surface area (Å²) in [6.45, 7) is 0. The summed E-state index contributed by atoms with van der Waals surface area (Å²) in [4.78, 5) is 5.06. The smallest absolute Gasteiger partial charge is 0.146 e. The average Bonchev–Trinajstić information content (AvgIpc) is 3.58. The van der Waals surface area contributed by atoms with Gasteiger partial charge in [-0.2, -0.15) is 0 Å². The maximum absolute atomic E-state index is 5.06. The number of pyridine rings is 1. The van der Waals surface area contributed by atoms with Gasteiger partial charge in [-0.25, -0.2) is 4.98 Å². The van der Waals surface area contributed by atoms with Crippen LogP contribution in [0.15, 0.2) is 140 Å². The van der Waals surface area contributed by atoms with Crippen LogP contribution in [-0.2, 0) is 0 Å². The molecule has 3 nitrogen and oxygen atoms in total. The van der Waals surface area contributed by atoms with E-state index in [-0.39, 0.29) is 0 Å². The number of hydrogen-bond acceptors (Lipinski definition) is 1. The van der Waals surface area contributed by atoms with Crippen molar-refractivity contribution < 1.29 is 0 Å². The maximum Gasteiger partial charge on any atom is 0.146 e. The van der Waals surface area contributed by atoms with E-state index in [0.29, 0.717) is 0 Å². The minimum atomic E-state index is 1.00. The highest BCUT2D eigenvalue weighted by Gasteiger charge is 2.15. The number of fused-ring (bicyclic) bond motifs is 11. The van der Waals surface area contributed by atoms with Crippen molar-refractivity contribution in [2.24, 2.45) is 0 Å². The van der Waals surface area contributed by atoms with Gasteiger partial charge in [-0.1, -0.05) is 97.1 Å². The third kappa shape index (κ3) is 2.92. The van der Waals surface area contributed by atoms with E-state index in [1.165, 1.54) is 54.6 Å². The molecule has 0 spiro atoms. The van der Waals surface area contributed by atoms with E-state index in [0.717, 1.165) is 22.4 Å². The van der Waals surface area contributed by atoms with Gasteiger partial charge in [0.15, 0.2) is 0 Å². The lowest BCUT2D eigenvalue weighted by atomic mass is 10.00. The second-order valence-electron chi connectivity index (χ2n) is 10.5. The van der Waals surface area contributed by atoms with Crippen molar-refractivity contribution in [3.63, 3.8) is 0 Å². The summed E-state index contributed by atoms with van der Waals surface area (Å²) >= 11 is 0. The maximum atomic E-state index is 5.06. The molecule has 3 heterocycles. The molecule has 0 aliphatic rings. The fraction of sp³-hybridized carbons (Fsp3) is 0. The Kier molecular flexibility index (Phi) is 4.33. The molecule has 186 valence electrons. The van der Waals surface area contributed by atoms with Gasteiger partial charge in [0.1, 0.15) is 5.65 Å². The van der Waals surface area contributed by atoms with E-state index >= 15 is 0 Å². The van der Waals surface area contributed by atoms with Crippen molar-refractivity contribution in [3.8, 4) is 16.8 Å². The molecule has 0 saturated heterocycles. The standard InChI is InChI=1S/C37H23N3/c1-2-15-31-27(12-1)30-21-20-25(23-36(30)40-35-19-8-5-16-32(35)38-37(31)40)24-10-9-11-26(22-24)39-33-17-6-3-13-28(33)29-14-4-7-18-34(29)39/h1-23H. The summed E-state index contributed by atoms with van der Waals surface area (Å²) in [6, 6.07) is 50.1. The van der Waals surface area contributed by atoms with Gasteiger partial charge in [0.2, 0.25) is 0 Å². The molecular formula is C37H23N3. The monoisotopic (exact) mass is 509 g/mol. The molecule has 0 fully saturated rings. The molecule has 0 unspecified atom stereocenters. The summed E-state index contributed by atoms with van der Waals surface area (Å²) < 4.78 is 4.71. The van der Waals surface area contributed by atoms with Crippen LogP contribution >= 0.6 is 0 Å². The van der Waals surface area contributed by atoms with Crippen LogP contribution in [0.3, 0.4) is 0 Å². The third-order valence-electron chi connectivity index (χ3n) is 8.28. The average molecular weight is 510 g/mol. The fourth-order valence-electron chi connectivity index (χ4n) is 6.51. The Balaban J connectivity index is 1.32. The van der Waals surface area contributed by atoms with Crippen molar-refractivity contribution in [2.75, 3.05) is 0 Å². The largest absolute Gasteiger partial charge is 0.309 e. The highest BCUT2D eigenvalue weighted by molar-refractivity contribution is 6.14. The van der Waals surface area contributed by atoms with Gasteiger partial charge in [0, 0.05) is 27.2 Å². The Morgan fingerprint density at radius 2 is 1.00 bits per heavy atom. The molecule has 0 atom stereocenters. The Bertz CT molecular complexity index is 2390. The van der Waals surface area contributed by atoms with Crippen molar-refractivity contribution in [2.45, 2.75) is 0 Å². The predicted molar refractivity (Wildman–Crippen MR) is 167 cm³/mol. The van der Waals surface area contributed by atoms with Crippen LogP contribution in [0.25, 0.3) is 77.0 Å². The summed E-state index contributed by atoms with van der Waals surface area (Å²) in [5.41, 5.74) is 10.3. The zero-order chi connectivity index (χ0) is 26.2. The normalized spacial score (nSPS) is 12.0. The van der Waals surface area contributed by atoms with E-state index < -0.39 is 0 Å². The lowest BCUT2D eigenvalue weighted by molar-refractivity contribution is 1.18. The number of benzene rings is 6. The third-order valence-corrected chi connectivity index (χ3v) is 8.28. The van der Waals surface area contributed by atoms with Crippen LogP contribution < -0.4 is 0 Å². The minimum Gasteiger partial charge on any atom is -0.309 e. The molecule has 0 saturated carbocycles. The molecule has 0 N–H and O–H groups in total. The molecule has 9 rings (SSSR count). The first kappa shape index (κ1) is 21.5. The molecule has 3 aromatic heterocycles. The first-order valence-electron chi connectivity index (χ1n) is 13.7. The second-order valence-corrected chi connectivity index (χ2v) is 10.5. The van der Waals surface area contributed by atoms with E-state index in [9.17, 15) is 0 Å². The minimum absolute atomic E-state index is 1.00. The van der Waals surface area contributed by atoms with Crippen molar-refractivity contribution in [1.29, 1.82) is 0 Å². The Morgan fingerprint density at radius 1 is 0.400 bits per heavy atom. The second kappa shape index (κ2) is 8.05. The van der Waals surface area contributed by atoms with Crippen LogP contribution in [0.1, 0.15) is 0 Å². The fourth-order valence-corrected chi connectivity index (χ4v) is 6.51. The lowest BCUT2D eigenvalue weighted by Gasteiger charge is -2.13. The summed E-state index contributed by atoms with van der Waals surface area (Å²) in [5.74, 6) is 0. The number of nitrogens with zero attached hydrogens (tertiary/aromatic N) is 3. The molecule has 40 heavy (non-hydrogen) atoms. The quantitative estimate of drug-likeness (QED) is 0.213. The molecule has 0 amide bonds. The van der Waals surface area contributed by atoms with Gasteiger partial charge in [0.05, 0.1) is 27.6 Å². The van der Waals surface area contributed by atoms with Crippen molar-refractivity contribution >= 4 is 60.2 Å². The molecule has 3 heteroatoms. The molecule has 0 radical (unpaired) electrons. The van der Waals surface area contributed by atoms with Crippen LogP contribution in [0.2, 0.25) is 0 Å². The van der Waals surface area contributed by atoms with Crippen LogP contribution in [0.4, 0.5) is 0 Å². The first-order valence-corrected chi connectivity index (χ1v) is 13.7. The molecule has 9 aromatic rings. The predicted octanol–water partition coefficient (Wildman–Crippen LogP) is 9.56. The lowest BCUT2D eigenvalue weighted by Crippen LogP contribution is -1.95.